The highest BCUT2D eigenvalue weighted by molar-refractivity contribution is 7.89. The first-order valence-electron chi connectivity index (χ1n) is 8.66. The number of ether oxygens (including phenoxy) is 1. The van der Waals surface area contributed by atoms with Crippen molar-refractivity contribution in [1.82, 2.24) is 9.21 Å². The number of sulfonamides is 1. The molecule has 0 aliphatic carbocycles. The maximum atomic E-state index is 12.5. The SMILES string of the molecule is Cc1ccc(S(=O)(=O)N(C)CC(=O)OCC(=O)N(C)Cc2ccccc2)cc1. The third-order valence-corrected chi connectivity index (χ3v) is 5.94. The molecule has 0 fully saturated rings. The van der Waals surface area contributed by atoms with Crippen LogP contribution in [-0.4, -0.2) is 56.7 Å². The first-order chi connectivity index (χ1) is 13.2. The smallest absolute Gasteiger partial charge is 0.321 e. The second-order valence-electron chi connectivity index (χ2n) is 6.47. The average molecular weight is 404 g/mol. The molecule has 1 amide bonds. The summed E-state index contributed by atoms with van der Waals surface area (Å²) in [6.45, 7) is 1.31. The van der Waals surface area contributed by atoms with Crippen molar-refractivity contribution in [2.24, 2.45) is 0 Å². The Morgan fingerprint density at radius 2 is 1.57 bits per heavy atom. The van der Waals surface area contributed by atoms with Crippen LogP contribution in [0.25, 0.3) is 0 Å². The molecule has 0 heterocycles. The topological polar surface area (TPSA) is 84.0 Å². The molecule has 28 heavy (non-hydrogen) atoms. The summed E-state index contributed by atoms with van der Waals surface area (Å²) in [5.74, 6) is -1.17. The van der Waals surface area contributed by atoms with Crippen LogP contribution in [-0.2, 0) is 30.9 Å². The number of nitrogens with zero attached hydrogens (tertiary/aromatic N) is 2. The van der Waals surface area contributed by atoms with Gasteiger partial charge in [0.25, 0.3) is 5.91 Å². The van der Waals surface area contributed by atoms with Crippen molar-refractivity contribution in [3.8, 4) is 0 Å². The quantitative estimate of drug-likeness (QED) is 0.627. The Morgan fingerprint density at radius 1 is 0.964 bits per heavy atom. The first-order valence-corrected chi connectivity index (χ1v) is 10.1. The van der Waals surface area contributed by atoms with E-state index in [1.54, 1.807) is 19.2 Å². The molecule has 0 atom stereocenters. The standard InChI is InChI=1S/C20H24N2O5S/c1-16-9-11-18(12-10-16)28(25,26)22(3)14-20(24)27-15-19(23)21(2)13-17-7-5-4-6-8-17/h4-12H,13-15H2,1-3H3. The van der Waals surface area contributed by atoms with Gasteiger partial charge in [-0.2, -0.15) is 4.31 Å². The van der Waals surface area contributed by atoms with Crippen LogP contribution in [0.3, 0.4) is 0 Å². The molecule has 0 aromatic heterocycles. The van der Waals surface area contributed by atoms with Crippen LogP contribution < -0.4 is 0 Å². The zero-order chi connectivity index (χ0) is 20.7. The molecule has 0 N–H and O–H groups in total. The number of likely N-dealkylation sites (N-methyl/N-ethyl adjacent to an activating group) is 2. The minimum atomic E-state index is -3.81. The molecule has 8 heteroatoms. The van der Waals surface area contributed by atoms with Gasteiger partial charge in [0.2, 0.25) is 10.0 Å². The lowest BCUT2D eigenvalue weighted by atomic mass is 10.2. The third-order valence-electron chi connectivity index (χ3n) is 4.13. The second-order valence-corrected chi connectivity index (χ2v) is 8.52. The van der Waals surface area contributed by atoms with Crippen molar-refractivity contribution in [2.75, 3.05) is 27.2 Å². The zero-order valence-corrected chi connectivity index (χ0v) is 17.0. The maximum Gasteiger partial charge on any atom is 0.321 e. The number of rotatable bonds is 8. The molecule has 2 aromatic carbocycles. The lowest BCUT2D eigenvalue weighted by molar-refractivity contribution is -0.151. The van der Waals surface area contributed by atoms with Crippen LogP contribution in [0.5, 0.6) is 0 Å². The number of carbonyl (C=O) groups is 2. The van der Waals surface area contributed by atoms with E-state index in [4.69, 9.17) is 4.74 Å². The fourth-order valence-corrected chi connectivity index (χ4v) is 3.52. The van der Waals surface area contributed by atoms with Gasteiger partial charge in [-0.1, -0.05) is 48.0 Å². The Balaban J connectivity index is 1.85. The van der Waals surface area contributed by atoms with Gasteiger partial charge in [0.15, 0.2) is 6.61 Å². The van der Waals surface area contributed by atoms with E-state index >= 15 is 0 Å². The van der Waals surface area contributed by atoms with Gasteiger partial charge in [0, 0.05) is 20.6 Å². The number of amides is 1. The first kappa shape index (κ1) is 21.6. The van der Waals surface area contributed by atoms with Gasteiger partial charge < -0.3 is 9.64 Å². The molecule has 0 aliphatic heterocycles. The fraction of sp³-hybridized carbons (Fsp3) is 0.300. The molecule has 0 aliphatic rings. The van der Waals surface area contributed by atoms with Gasteiger partial charge in [-0.05, 0) is 24.6 Å². The van der Waals surface area contributed by atoms with Gasteiger partial charge in [0.05, 0.1) is 4.90 Å². The molecular weight excluding hydrogens is 380 g/mol. The predicted molar refractivity (Wildman–Crippen MR) is 105 cm³/mol. The molecule has 2 rings (SSSR count). The van der Waals surface area contributed by atoms with Crippen LogP contribution in [0.1, 0.15) is 11.1 Å². The van der Waals surface area contributed by atoms with Crippen LogP contribution in [0.4, 0.5) is 0 Å². The normalized spacial score (nSPS) is 11.3. The second kappa shape index (κ2) is 9.48. The monoisotopic (exact) mass is 404 g/mol. The average Bonchev–Trinajstić information content (AvgIpc) is 2.67. The van der Waals surface area contributed by atoms with Crippen LogP contribution >= 0.6 is 0 Å². The van der Waals surface area contributed by atoms with Gasteiger partial charge in [0.1, 0.15) is 6.54 Å². The van der Waals surface area contributed by atoms with Crippen molar-refractivity contribution in [2.45, 2.75) is 18.4 Å². The summed E-state index contributed by atoms with van der Waals surface area (Å²) in [7, 11) is -0.909. The molecule has 0 unspecified atom stereocenters. The van der Waals surface area contributed by atoms with Crippen LogP contribution in [0.15, 0.2) is 59.5 Å². The Morgan fingerprint density at radius 3 is 2.18 bits per heavy atom. The van der Waals surface area contributed by atoms with Crippen molar-refractivity contribution in [3.63, 3.8) is 0 Å². The molecule has 150 valence electrons. The van der Waals surface area contributed by atoms with Crippen LogP contribution in [0.2, 0.25) is 0 Å². The number of hydrogen-bond donors (Lipinski definition) is 0. The van der Waals surface area contributed by atoms with Crippen molar-refractivity contribution < 1.29 is 22.7 Å². The minimum Gasteiger partial charge on any atom is -0.455 e. The Kier molecular flexibility index (Phi) is 7.31. The lowest BCUT2D eigenvalue weighted by Crippen LogP contribution is -2.35. The molecule has 0 radical (unpaired) electrons. The number of esters is 1. The number of benzene rings is 2. The summed E-state index contributed by atoms with van der Waals surface area (Å²) < 4.78 is 30.8. The van der Waals surface area contributed by atoms with Gasteiger partial charge in [-0.15, -0.1) is 0 Å². The molecule has 0 saturated carbocycles. The molecule has 0 bridgehead atoms. The van der Waals surface area contributed by atoms with E-state index in [0.717, 1.165) is 15.4 Å². The summed E-state index contributed by atoms with van der Waals surface area (Å²) in [6.07, 6.45) is 0. The van der Waals surface area contributed by atoms with Crippen molar-refractivity contribution in [1.29, 1.82) is 0 Å². The Bertz CT molecular complexity index is 911. The largest absolute Gasteiger partial charge is 0.455 e. The van der Waals surface area contributed by atoms with E-state index in [0.29, 0.717) is 6.54 Å². The van der Waals surface area contributed by atoms with E-state index in [1.165, 1.54) is 24.1 Å². The minimum absolute atomic E-state index is 0.0899. The summed E-state index contributed by atoms with van der Waals surface area (Å²) in [6, 6.07) is 15.7. The van der Waals surface area contributed by atoms with Crippen LogP contribution in [0, 0.1) is 6.92 Å². The highest BCUT2D eigenvalue weighted by Crippen LogP contribution is 2.14. The van der Waals surface area contributed by atoms with E-state index in [1.807, 2.05) is 37.3 Å². The Labute approximate surface area is 165 Å². The number of carbonyl (C=O) groups excluding carboxylic acids is 2. The van der Waals surface area contributed by atoms with E-state index in [-0.39, 0.29) is 10.8 Å². The molecule has 7 nitrogen and oxygen atoms in total. The van der Waals surface area contributed by atoms with Gasteiger partial charge in [-0.3, -0.25) is 9.59 Å². The van der Waals surface area contributed by atoms with Gasteiger partial charge >= 0.3 is 5.97 Å². The molecule has 2 aromatic rings. The predicted octanol–water partition coefficient (Wildman–Crippen LogP) is 1.82. The van der Waals surface area contributed by atoms with E-state index in [2.05, 4.69) is 0 Å². The summed E-state index contributed by atoms with van der Waals surface area (Å²) >= 11 is 0. The van der Waals surface area contributed by atoms with E-state index < -0.39 is 29.1 Å². The third kappa shape index (κ3) is 5.90. The van der Waals surface area contributed by atoms with E-state index in [9.17, 15) is 18.0 Å². The van der Waals surface area contributed by atoms with Crippen molar-refractivity contribution in [3.05, 3.63) is 65.7 Å². The highest BCUT2D eigenvalue weighted by Gasteiger charge is 2.24. The zero-order valence-electron chi connectivity index (χ0n) is 16.2. The maximum absolute atomic E-state index is 12.5. The van der Waals surface area contributed by atoms with Gasteiger partial charge in [-0.25, -0.2) is 8.42 Å². The Hall–Kier alpha value is -2.71. The lowest BCUT2D eigenvalue weighted by Gasteiger charge is -2.19. The number of hydrogen-bond acceptors (Lipinski definition) is 5. The molecule has 0 saturated heterocycles. The number of aryl methyl sites for hydroxylation is 1. The summed E-state index contributed by atoms with van der Waals surface area (Å²) in [5.41, 5.74) is 1.88. The molecular formula is C20H24N2O5S. The van der Waals surface area contributed by atoms with Crippen molar-refractivity contribution >= 4 is 21.9 Å². The fourth-order valence-electron chi connectivity index (χ4n) is 2.40. The molecule has 0 spiro atoms. The summed E-state index contributed by atoms with van der Waals surface area (Å²) in [5, 5.41) is 0. The summed E-state index contributed by atoms with van der Waals surface area (Å²) in [4.78, 5) is 25.6. The highest BCUT2D eigenvalue weighted by atomic mass is 32.2.